The van der Waals surface area contributed by atoms with E-state index in [0.717, 1.165) is 17.7 Å². The highest BCUT2D eigenvalue weighted by Crippen LogP contribution is 2.11. The molecule has 1 aliphatic rings. The second-order valence-electron chi connectivity index (χ2n) is 2.43. The fourth-order valence-corrected chi connectivity index (χ4v) is 0.957. The summed E-state index contributed by atoms with van der Waals surface area (Å²) in [5.74, 6) is 0. The van der Waals surface area contributed by atoms with Gasteiger partial charge in [0.25, 0.3) is 0 Å². The molecule has 0 atom stereocenters. The van der Waals surface area contributed by atoms with Crippen LogP contribution in [-0.4, -0.2) is 19.5 Å². The number of rotatable bonds is 1. The minimum absolute atomic E-state index is 0.925. The van der Waals surface area contributed by atoms with Gasteiger partial charge in [0.2, 0.25) is 0 Å². The summed E-state index contributed by atoms with van der Waals surface area (Å²) in [5.41, 5.74) is 2.26. The largest absolute Gasteiger partial charge is 0.296 e. The Bertz CT molecular complexity index is 244. The lowest BCUT2D eigenvalue weighted by atomic mass is 10.1. The Morgan fingerprint density at radius 2 is 2.55 bits per heavy atom. The third-order valence-corrected chi connectivity index (χ3v) is 1.54. The van der Waals surface area contributed by atoms with Gasteiger partial charge in [-0.25, -0.2) is 0 Å². The van der Waals surface area contributed by atoms with E-state index in [2.05, 4.69) is 16.1 Å². The molecule has 58 valence electrons. The van der Waals surface area contributed by atoms with Crippen molar-refractivity contribution in [2.24, 2.45) is 9.98 Å². The molecule has 2 nitrogen and oxygen atoms in total. The molecule has 2 heteroatoms. The van der Waals surface area contributed by atoms with Crippen LogP contribution < -0.4 is 0 Å². The standard InChI is InChI=1S/C9H12N2/c1-8(7-10-2)9-5-3-4-6-11-9/h3-4,6-7H,5H2,1-2H3/b9-8+,10-7?. The van der Waals surface area contributed by atoms with Gasteiger partial charge in [-0.15, -0.1) is 0 Å². The average Bonchev–Trinajstić information content (AvgIpc) is 2.07. The lowest BCUT2D eigenvalue weighted by molar-refractivity contribution is 1.13. The number of allylic oxidation sites excluding steroid dienone is 3. The SMILES string of the molecule is CN=C/C(C)=C1\CC=CC=N1. The molecule has 0 aromatic rings. The van der Waals surface area contributed by atoms with Gasteiger partial charge in [-0.2, -0.15) is 0 Å². The summed E-state index contributed by atoms with van der Waals surface area (Å²) in [6.07, 6.45) is 8.63. The van der Waals surface area contributed by atoms with Crippen molar-refractivity contribution < 1.29 is 0 Å². The maximum atomic E-state index is 4.22. The fraction of sp³-hybridized carbons (Fsp3) is 0.333. The molecule has 0 unspecified atom stereocenters. The smallest absolute Gasteiger partial charge is 0.0485 e. The van der Waals surface area contributed by atoms with Gasteiger partial charge in [0, 0.05) is 31.6 Å². The molecule has 0 aromatic heterocycles. The van der Waals surface area contributed by atoms with Crippen LogP contribution in [0.4, 0.5) is 0 Å². The maximum absolute atomic E-state index is 4.22. The van der Waals surface area contributed by atoms with Crippen LogP contribution in [-0.2, 0) is 0 Å². The first kappa shape index (κ1) is 7.92. The van der Waals surface area contributed by atoms with Gasteiger partial charge in [-0.3, -0.25) is 9.98 Å². The van der Waals surface area contributed by atoms with Crippen LogP contribution in [0, 0.1) is 0 Å². The summed E-state index contributed by atoms with van der Waals surface area (Å²) in [6.45, 7) is 2.03. The van der Waals surface area contributed by atoms with Crippen molar-refractivity contribution in [1.29, 1.82) is 0 Å². The van der Waals surface area contributed by atoms with Crippen LogP contribution >= 0.6 is 0 Å². The number of dihydropyridines is 1. The average molecular weight is 148 g/mol. The van der Waals surface area contributed by atoms with E-state index in [0.29, 0.717) is 0 Å². The summed E-state index contributed by atoms with van der Waals surface area (Å²) in [5, 5.41) is 0. The Kier molecular flexibility index (Phi) is 2.78. The molecule has 0 amide bonds. The van der Waals surface area contributed by atoms with E-state index >= 15 is 0 Å². The van der Waals surface area contributed by atoms with Crippen LogP contribution in [0.3, 0.4) is 0 Å². The van der Waals surface area contributed by atoms with Gasteiger partial charge in [0.1, 0.15) is 0 Å². The molecule has 0 radical (unpaired) electrons. The van der Waals surface area contributed by atoms with Crippen molar-refractivity contribution in [3.63, 3.8) is 0 Å². The maximum Gasteiger partial charge on any atom is 0.0485 e. The highest BCUT2D eigenvalue weighted by atomic mass is 14.7. The first-order valence-corrected chi connectivity index (χ1v) is 3.65. The molecule has 0 saturated heterocycles. The molecule has 0 N–H and O–H groups in total. The first-order valence-electron chi connectivity index (χ1n) is 3.65. The molecule has 0 saturated carbocycles. The zero-order valence-electron chi connectivity index (χ0n) is 6.91. The van der Waals surface area contributed by atoms with Crippen LogP contribution in [0.2, 0.25) is 0 Å². The Balaban J connectivity index is 2.79. The van der Waals surface area contributed by atoms with E-state index in [9.17, 15) is 0 Å². The molecule has 1 heterocycles. The lowest BCUT2D eigenvalue weighted by Gasteiger charge is -2.02. The summed E-state index contributed by atoms with van der Waals surface area (Å²) < 4.78 is 0. The fourth-order valence-electron chi connectivity index (χ4n) is 0.957. The van der Waals surface area contributed by atoms with Gasteiger partial charge in [0.15, 0.2) is 0 Å². The number of aliphatic imine (C=N–C) groups is 2. The highest BCUT2D eigenvalue weighted by Gasteiger charge is 1.97. The van der Waals surface area contributed by atoms with Crippen molar-refractivity contribution in [3.05, 3.63) is 23.4 Å². The molecular weight excluding hydrogens is 136 g/mol. The van der Waals surface area contributed by atoms with Crippen molar-refractivity contribution in [2.75, 3.05) is 7.05 Å². The summed E-state index contributed by atoms with van der Waals surface area (Å²) in [4.78, 5) is 8.15. The predicted molar refractivity (Wildman–Crippen MR) is 49.4 cm³/mol. The third-order valence-electron chi connectivity index (χ3n) is 1.54. The zero-order chi connectivity index (χ0) is 8.10. The number of hydrogen-bond donors (Lipinski definition) is 0. The summed E-state index contributed by atoms with van der Waals surface area (Å²) in [7, 11) is 1.77. The lowest BCUT2D eigenvalue weighted by Crippen LogP contribution is -1.90. The van der Waals surface area contributed by atoms with Crippen LogP contribution in [0.1, 0.15) is 13.3 Å². The topological polar surface area (TPSA) is 24.7 Å². The molecule has 11 heavy (non-hydrogen) atoms. The van der Waals surface area contributed by atoms with Crippen molar-refractivity contribution in [1.82, 2.24) is 0 Å². The number of hydrogen-bond acceptors (Lipinski definition) is 2. The monoisotopic (exact) mass is 148 g/mol. The highest BCUT2D eigenvalue weighted by molar-refractivity contribution is 5.81. The quantitative estimate of drug-likeness (QED) is 0.508. The third kappa shape index (κ3) is 2.15. The molecule has 0 aliphatic carbocycles. The Morgan fingerprint density at radius 3 is 3.09 bits per heavy atom. The van der Waals surface area contributed by atoms with Crippen molar-refractivity contribution in [2.45, 2.75) is 13.3 Å². The second kappa shape index (κ2) is 3.86. The molecule has 1 rings (SSSR count). The van der Waals surface area contributed by atoms with E-state index in [1.165, 1.54) is 0 Å². The Labute approximate surface area is 67.1 Å². The van der Waals surface area contributed by atoms with Gasteiger partial charge < -0.3 is 0 Å². The van der Waals surface area contributed by atoms with Gasteiger partial charge >= 0.3 is 0 Å². The molecule has 0 fully saturated rings. The zero-order valence-corrected chi connectivity index (χ0v) is 6.91. The predicted octanol–water partition coefficient (Wildman–Crippen LogP) is 1.99. The van der Waals surface area contributed by atoms with E-state index in [1.54, 1.807) is 7.05 Å². The van der Waals surface area contributed by atoms with Crippen LogP contribution in [0.5, 0.6) is 0 Å². The van der Waals surface area contributed by atoms with Gasteiger partial charge in [0.05, 0.1) is 0 Å². The van der Waals surface area contributed by atoms with E-state index in [1.807, 2.05) is 25.4 Å². The molecule has 0 aromatic carbocycles. The summed E-state index contributed by atoms with van der Waals surface area (Å²) >= 11 is 0. The van der Waals surface area contributed by atoms with Crippen molar-refractivity contribution in [3.8, 4) is 0 Å². The van der Waals surface area contributed by atoms with E-state index in [-0.39, 0.29) is 0 Å². The van der Waals surface area contributed by atoms with E-state index in [4.69, 9.17) is 0 Å². The second-order valence-corrected chi connectivity index (χ2v) is 2.43. The van der Waals surface area contributed by atoms with Crippen molar-refractivity contribution >= 4 is 12.4 Å². The summed E-state index contributed by atoms with van der Waals surface area (Å²) in [6, 6.07) is 0. The van der Waals surface area contributed by atoms with Crippen LogP contribution in [0.15, 0.2) is 33.4 Å². The first-order chi connectivity index (χ1) is 5.34. The van der Waals surface area contributed by atoms with Gasteiger partial charge in [-0.05, 0) is 18.6 Å². The van der Waals surface area contributed by atoms with Gasteiger partial charge in [-0.1, -0.05) is 6.08 Å². The molecule has 0 spiro atoms. The minimum Gasteiger partial charge on any atom is -0.296 e. The number of nitrogens with zero attached hydrogens (tertiary/aromatic N) is 2. The van der Waals surface area contributed by atoms with E-state index < -0.39 is 0 Å². The molecular formula is C9H12N2. The normalized spacial score (nSPS) is 21.3. The Morgan fingerprint density at radius 1 is 1.73 bits per heavy atom. The minimum atomic E-state index is 0.925. The van der Waals surface area contributed by atoms with Crippen LogP contribution in [0.25, 0.3) is 0 Å². The molecule has 1 aliphatic heterocycles. The Hall–Kier alpha value is -1.18. The molecule has 0 bridgehead atoms.